The number of fused-ring (bicyclic) bond motifs is 1. The number of rotatable bonds is 1. The van der Waals surface area contributed by atoms with Crippen molar-refractivity contribution < 1.29 is 4.79 Å². The maximum absolute atomic E-state index is 11.2. The molecule has 0 aliphatic carbocycles. The Morgan fingerprint density at radius 3 is 2.31 bits per heavy atom. The first kappa shape index (κ1) is 12.0. The molecule has 2 amide bonds. The molecule has 86 valence electrons. The maximum Gasteiger partial charge on any atom is 0.332 e. The van der Waals surface area contributed by atoms with Gasteiger partial charge in [0.2, 0.25) is 0 Å². The topological polar surface area (TPSA) is 84.6 Å². The van der Waals surface area contributed by atoms with Crippen molar-refractivity contribution in [2.24, 2.45) is 10.8 Å². The molecule has 0 fully saturated rings. The monoisotopic (exact) mass is 293 g/mol. The molecule has 0 spiro atoms. The van der Waals surface area contributed by atoms with Gasteiger partial charge in [-0.05, 0) is 0 Å². The maximum atomic E-state index is 11.2. The van der Waals surface area contributed by atoms with E-state index in [0.717, 1.165) is 14.1 Å². The molecule has 1 aromatic heterocycles. The number of hydrogen-bond donors (Lipinski definition) is 2. The predicted octanol–water partition coefficient (Wildman–Crippen LogP) is 1.39. The van der Waals surface area contributed by atoms with Crippen LogP contribution in [-0.4, -0.2) is 23.2 Å². The number of primary amides is 1. The molecule has 0 unspecified atom stereocenters. The van der Waals surface area contributed by atoms with E-state index in [1.165, 1.54) is 22.7 Å². The first-order chi connectivity index (χ1) is 7.65. The molecular formula is C7H7N3O2S4. The SMILES string of the molecule is NC(=O)NN=C1CSc2sc(=O)sc2SC1. The van der Waals surface area contributed by atoms with Crippen LogP contribution >= 0.6 is 46.2 Å². The van der Waals surface area contributed by atoms with E-state index in [0.29, 0.717) is 11.5 Å². The summed E-state index contributed by atoms with van der Waals surface area (Å²) < 4.78 is 2.22. The first-order valence-corrected chi connectivity index (χ1v) is 7.76. The summed E-state index contributed by atoms with van der Waals surface area (Å²) in [4.78, 5) is 21.7. The summed E-state index contributed by atoms with van der Waals surface area (Å²) in [6.45, 7) is 0. The standard InChI is InChI=1S/C7H7N3O2S4/c8-6(11)10-9-3-1-13-4-5(14-2-3)16-7(12)15-4/h1-2H2,(H3,8,10,11). The minimum atomic E-state index is -0.661. The third kappa shape index (κ3) is 3.00. The lowest BCUT2D eigenvalue weighted by Gasteiger charge is -1.99. The van der Waals surface area contributed by atoms with E-state index in [2.05, 4.69) is 10.5 Å². The van der Waals surface area contributed by atoms with E-state index in [4.69, 9.17) is 5.73 Å². The average Bonchev–Trinajstić information content (AvgIpc) is 2.47. The minimum Gasteiger partial charge on any atom is -0.350 e. The van der Waals surface area contributed by atoms with E-state index in [1.807, 2.05) is 0 Å². The minimum absolute atomic E-state index is 0.126. The molecule has 0 radical (unpaired) electrons. The fourth-order valence-corrected chi connectivity index (χ4v) is 6.20. The molecule has 0 saturated carbocycles. The molecule has 1 aliphatic rings. The van der Waals surface area contributed by atoms with Crippen LogP contribution in [-0.2, 0) is 0 Å². The number of nitrogens with two attached hydrogens (primary N) is 1. The quantitative estimate of drug-likeness (QED) is 0.766. The van der Waals surface area contributed by atoms with Gasteiger partial charge in [-0.2, -0.15) is 5.10 Å². The van der Waals surface area contributed by atoms with Crippen molar-refractivity contribution in [1.29, 1.82) is 0 Å². The molecule has 0 bridgehead atoms. The van der Waals surface area contributed by atoms with Gasteiger partial charge in [0.15, 0.2) is 0 Å². The lowest BCUT2D eigenvalue weighted by atomic mass is 10.5. The fraction of sp³-hybridized carbons (Fsp3) is 0.286. The third-order valence-corrected chi connectivity index (χ3v) is 6.81. The molecule has 2 heterocycles. The Labute approximate surface area is 108 Å². The van der Waals surface area contributed by atoms with Crippen molar-refractivity contribution in [2.75, 3.05) is 11.5 Å². The van der Waals surface area contributed by atoms with Crippen molar-refractivity contribution in [2.45, 2.75) is 8.42 Å². The van der Waals surface area contributed by atoms with Gasteiger partial charge in [0, 0.05) is 11.5 Å². The average molecular weight is 293 g/mol. The number of amides is 2. The van der Waals surface area contributed by atoms with Crippen molar-refractivity contribution in [3.05, 3.63) is 8.85 Å². The number of hydrogen-bond acceptors (Lipinski definition) is 7. The van der Waals surface area contributed by atoms with Crippen LogP contribution in [0, 0.1) is 0 Å². The summed E-state index contributed by atoms with van der Waals surface area (Å²) in [6, 6.07) is -0.661. The molecule has 1 aromatic rings. The van der Waals surface area contributed by atoms with E-state index in [-0.39, 0.29) is 4.06 Å². The zero-order valence-corrected chi connectivity index (χ0v) is 11.2. The first-order valence-electron chi connectivity index (χ1n) is 4.15. The summed E-state index contributed by atoms with van der Waals surface area (Å²) in [5.41, 5.74) is 8.00. The highest BCUT2D eigenvalue weighted by molar-refractivity contribution is 8.06. The molecule has 0 saturated heterocycles. The molecule has 5 nitrogen and oxygen atoms in total. The Bertz CT molecular complexity index is 462. The van der Waals surface area contributed by atoms with Gasteiger partial charge in [0.25, 0.3) is 4.06 Å². The molecule has 9 heteroatoms. The smallest absolute Gasteiger partial charge is 0.332 e. The summed E-state index contributed by atoms with van der Waals surface area (Å²) >= 11 is 5.69. The zero-order valence-electron chi connectivity index (χ0n) is 7.89. The Hall–Kier alpha value is -0.510. The predicted molar refractivity (Wildman–Crippen MR) is 70.1 cm³/mol. The van der Waals surface area contributed by atoms with E-state index in [1.54, 1.807) is 23.5 Å². The van der Waals surface area contributed by atoms with Gasteiger partial charge in [0.05, 0.1) is 14.1 Å². The van der Waals surface area contributed by atoms with E-state index in [9.17, 15) is 9.59 Å². The molecule has 2 rings (SSSR count). The van der Waals surface area contributed by atoms with E-state index < -0.39 is 6.03 Å². The van der Waals surface area contributed by atoms with Crippen LogP contribution in [0.3, 0.4) is 0 Å². The number of urea groups is 1. The Kier molecular flexibility index (Phi) is 3.90. The lowest BCUT2D eigenvalue weighted by molar-refractivity contribution is 0.249. The normalized spacial score (nSPS) is 15.1. The van der Waals surface area contributed by atoms with Gasteiger partial charge in [-0.3, -0.25) is 4.79 Å². The number of hydrazone groups is 1. The van der Waals surface area contributed by atoms with Gasteiger partial charge in [-0.15, -0.1) is 23.5 Å². The highest BCUT2D eigenvalue weighted by Crippen LogP contribution is 2.39. The van der Waals surface area contributed by atoms with Gasteiger partial charge in [0.1, 0.15) is 0 Å². The molecular weight excluding hydrogens is 286 g/mol. The number of carbonyl (C=O) groups is 1. The van der Waals surface area contributed by atoms with Gasteiger partial charge < -0.3 is 5.73 Å². The number of thioether (sulfide) groups is 2. The van der Waals surface area contributed by atoms with Crippen LogP contribution in [0.25, 0.3) is 0 Å². The molecule has 1 aliphatic heterocycles. The van der Waals surface area contributed by atoms with Crippen LogP contribution in [0.4, 0.5) is 4.79 Å². The van der Waals surface area contributed by atoms with Crippen molar-refractivity contribution in [3.8, 4) is 0 Å². The second-order valence-corrected chi connectivity index (χ2v) is 7.47. The van der Waals surface area contributed by atoms with Crippen molar-refractivity contribution in [3.63, 3.8) is 0 Å². The van der Waals surface area contributed by atoms with Gasteiger partial charge >= 0.3 is 6.03 Å². The third-order valence-electron chi connectivity index (χ3n) is 1.58. The highest BCUT2D eigenvalue weighted by atomic mass is 32.2. The van der Waals surface area contributed by atoms with Gasteiger partial charge in [-0.25, -0.2) is 10.2 Å². The largest absolute Gasteiger partial charge is 0.350 e. The molecule has 3 N–H and O–H groups in total. The number of carbonyl (C=O) groups excluding carboxylic acids is 1. The molecule has 16 heavy (non-hydrogen) atoms. The van der Waals surface area contributed by atoms with Crippen molar-refractivity contribution in [1.82, 2.24) is 5.43 Å². The second-order valence-electron chi connectivity index (χ2n) is 2.76. The van der Waals surface area contributed by atoms with E-state index >= 15 is 0 Å². The number of nitrogens with one attached hydrogen (secondary N) is 1. The van der Waals surface area contributed by atoms with Crippen LogP contribution < -0.4 is 15.2 Å². The summed E-state index contributed by atoms with van der Waals surface area (Å²) in [5.74, 6) is 1.35. The van der Waals surface area contributed by atoms with Crippen LogP contribution in [0.1, 0.15) is 0 Å². The fourth-order valence-electron chi connectivity index (χ4n) is 0.970. The van der Waals surface area contributed by atoms with Crippen LogP contribution in [0.5, 0.6) is 0 Å². The molecule has 0 aromatic carbocycles. The Balaban J connectivity index is 2.08. The lowest BCUT2D eigenvalue weighted by Crippen LogP contribution is -2.26. The van der Waals surface area contributed by atoms with Crippen LogP contribution in [0.15, 0.2) is 18.3 Å². The number of nitrogens with zero attached hydrogens (tertiary/aromatic N) is 1. The summed E-state index contributed by atoms with van der Waals surface area (Å²) in [5, 5.41) is 3.91. The van der Waals surface area contributed by atoms with Gasteiger partial charge in [-0.1, -0.05) is 22.7 Å². The Morgan fingerprint density at radius 2 is 1.81 bits per heavy atom. The van der Waals surface area contributed by atoms with Crippen molar-refractivity contribution >= 4 is 57.9 Å². The Morgan fingerprint density at radius 1 is 1.25 bits per heavy atom. The van der Waals surface area contributed by atoms with Crippen LogP contribution in [0.2, 0.25) is 0 Å². The summed E-state index contributed by atoms with van der Waals surface area (Å²) in [7, 11) is 0. The zero-order chi connectivity index (χ0) is 11.5. The second kappa shape index (κ2) is 5.21. The molecule has 0 atom stereocenters. The summed E-state index contributed by atoms with van der Waals surface area (Å²) in [6.07, 6.45) is 0. The highest BCUT2D eigenvalue weighted by Gasteiger charge is 2.17.